The van der Waals surface area contributed by atoms with E-state index in [-0.39, 0.29) is 5.91 Å². The number of benzene rings is 2. The van der Waals surface area contributed by atoms with Crippen molar-refractivity contribution in [3.8, 4) is 17.0 Å². The molecule has 1 fully saturated rings. The van der Waals surface area contributed by atoms with E-state index < -0.39 is 0 Å². The quantitative estimate of drug-likeness (QED) is 0.648. The average Bonchev–Trinajstić information content (AvgIpc) is 2.77. The van der Waals surface area contributed by atoms with Crippen molar-refractivity contribution >= 4 is 16.8 Å². The van der Waals surface area contributed by atoms with Gasteiger partial charge in [0, 0.05) is 24.0 Å². The SMILES string of the molecule is CC(C)COc1cccc(-c2cc(C(=O)N3CCOCC3)c3ccccc3n2)c1. The van der Waals surface area contributed by atoms with E-state index in [0.717, 1.165) is 27.9 Å². The topological polar surface area (TPSA) is 51.7 Å². The summed E-state index contributed by atoms with van der Waals surface area (Å²) >= 11 is 0. The van der Waals surface area contributed by atoms with Crippen LogP contribution >= 0.6 is 0 Å². The van der Waals surface area contributed by atoms with Crippen LogP contribution in [0.1, 0.15) is 24.2 Å². The molecule has 4 rings (SSSR count). The van der Waals surface area contributed by atoms with Crippen LogP contribution in [0.3, 0.4) is 0 Å². The van der Waals surface area contributed by atoms with Crippen LogP contribution in [0.2, 0.25) is 0 Å². The largest absolute Gasteiger partial charge is 0.493 e. The van der Waals surface area contributed by atoms with Gasteiger partial charge in [-0.15, -0.1) is 0 Å². The predicted octanol–water partition coefficient (Wildman–Crippen LogP) is 4.41. The van der Waals surface area contributed by atoms with E-state index in [1.165, 1.54) is 0 Å². The molecule has 0 aliphatic carbocycles. The maximum absolute atomic E-state index is 13.3. The van der Waals surface area contributed by atoms with E-state index >= 15 is 0 Å². The monoisotopic (exact) mass is 390 g/mol. The first-order valence-electron chi connectivity index (χ1n) is 10.1. The van der Waals surface area contributed by atoms with Crippen LogP contribution in [-0.2, 0) is 4.74 Å². The van der Waals surface area contributed by atoms with E-state index in [9.17, 15) is 4.79 Å². The molecule has 1 aliphatic heterocycles. The van der Waals surface area contributed by atoms with Crippen molar-refractivity contribution < 1.29 is 14.3 Å². The molecule has 2 aromatic carbocycles. The Morgan fingerprint density at radius 2 is 1.90 bits per heavy atom. The number of hydrogen-bond donors (Lipinski definition) is 0. The third kappa shape index (κ3) is 4.40. The highest BCUT2D eigenvalue weighted by Crippen LogP contribution is 2.28. The summed E-state index contributed by atoms with van der Waals surface area (Å²) in [6, 6.07) is 17.6. The van der Waals surface area contributed by atoms with Crippen LogP contribution in [0.15, 0.2) is 54.6 Å². The number of carbonyl (C=O) groups is 1. The standard InChI is InChI=1S/C24H26N2O3/c1-17(2)16-29-19-7-5-6-18(14-19)23-15-21(20-8-3-4-9-22(20)25-23)24(27)26-10-12-28-13-11-26/h3-9,14-15,17H,10-13,16H2,1-2H3. The van der Waals surface area contributed by atoms with Crippen molar-refractivity contribution in [2.75, 3.05) is 32.9 Å². The highest BCUT2D eigenvalue weighted by Gasteiger charge is 2.21. The zero-order chi connectivity index (χ0) is 20.2. The molecule has 5 nitrogen and oxygen atoms in total. The Morgan fingerprint density at radius 3 is 2.69 bits per heavy atom. The average molecular weight is 390 g/mol. The molecule has 1 aliphatic rings. The third-order valence-corrected chi connectivity index (χ3v) is 4.96. The van der Waals surface area contributed by atoms with Crippen molar-refractivity contribution in [2.45, 2.75) is 13.8 Å². The molecule has 1 amide bonds. The molecule has 0 atom stereocenters. The molecule has 2 heterocycles. The van der Waals surface area contributed by atoms with Crippen molar-refractivity contribution in [1.82, 2.24) is 9.88 Å². The summed E-state index contributed by atoms with van der Waals surface area (Å²) in [5, 5.41) is 0.875. The number of morpholine rings is 1. The third-order valence-electron chi connectivity index (χ3n) is 4.96. The van der Waals surface area contributed by atoms with Gasteiger partial charge in [-0.1, -0.05) is 44.2 Å². The Labute approximate surface area is 171 Å². The van der Waals surface area contributed by atoms with E-state index in [1.807, 2.05) is 59.5 Å². The highest BCUT2D eigenvalue weighted by molar-refractivity contribution is 6.07. The predicted molar refractivity (Wildman–Crippen MR) is 114 cm³/mol. The summed E-state index contributed by atoms with van der Waals surface area (Å²) in [6.45, 7) is 7.30. The Kier molecular flexibility index (Phi) is 5.76. The fourth-order valence-electron chi connectivity index (χ4n) is 3.45. The van der Waals surface area contributed by atoms with E-state index in [0.29, 0.717) is 44.4 Å². The number of fused-ring (bicyclic) bond motifs is 1. The summed E-state index contributed by atoms with van der Waals surface area (Å²) in [5.41, 5.74) is 3.21. The van der Waals surface area contributed by atoms with Crippen molar-refractivity contribution in [3.05, 3.63) is 60.2 Å². The molecule has 0 saturated carbocycles. The van der Waals surface area contributed by atoms with Gasteiger partial charge in [-0.2, -0.15) is 0 Å². The summed E-state index contributed by atoms with van der Waals surface area (Å²) in [4.78, 5) is 19.9. The Morgan fingerprint density at radius 1 is 1.10 bits per heavy atom. The van der Waals surface area contributed by atoms with E-state index in [4.69, 9.17) is 14.5 Å². The van der Waals surface area contributed by atoms with Gasteiger partial charge in [0.15, 0.2) is 0 Å². The van der Waals surface area contributed by atoms with E-state index in [1.54, 1.807) is 0 Å². The summed E-state index contributed by atoms with van der Waals surface area (Å²) in [7, 11) is 0. The van der Waals surface area contributed by atoms with Crippen molar-refractivity contribution in [2.24, 2.45) is 5.92 Å². The first-order chi connectivity index (χ1) is 14.1. The highest BCUT2D eigenvalue weighted by atomic mass is 16.5. The second-order valence-electron chi connectivity index (χ2n) is 7.71. The molecule has 0 unspecified atom stereocenters. The number of pyridine rings is 1. The van der Waals surface area contributed by atoms with Crippen LogP contribution in [0.25, 0.3) is 22.2 Å². The van der Waals surface area contributed by atoms with Gasteiger partial charge in [-0.05, 0) is 30.2 Å². The second kappa shape index (κ2) is 8.62. The summed E-state index contributed by atoms with van der Waals surface area (Å²) < 4.78 is 11.3. The number of carbonyl (C=O) groups excluding carboxylic acids is 1. The zero-order valence-corrected chi connectivity index (χ0v) is 16.9. The van der Waals surface area contributed by atoms with Gasteiger partial charge in [0.1, 0.15) is 5.75 Å². The number of para-hydroxylation sites is 1. The Balaban J connectivity index is 1.74. The number of ether oxygens (including phenoxy) is 2. The molecule has 29 heavy (non-hydrogen) atoms. The maximum atomic E-state index is 13.3. The summed E-state index contributed by atoms with van der Waals surface area (Å²) in [5.74, 6) is 1.29. The second-order valence-corrected chi connectivity index (χ2v) is 7.71. The van der Waals surface area contributed by atoms with Gasteiger partial charge in [0.05, 0.1) is 36.6 Å². The van der Waals surface area contributed by atoms with Gasteiger partial charge >= 0.3 is 0 Å². The number of aromatic nitrogens is 1. The van der Waals surface area contributed by atoms with Gasteiger partial charge in [-0.3, -0.25) is 4.79 Å². The Hall–Kier alpha value is -2.92. The van der Waals surface area contributed by atoms with Crippen LogP contribution in [0.4, 0.5) is 0 Å². The molecule has 3 aromatic rings. The number of hydrogen-bond acceptors (Lipinski definition) is 4. The molecule has 1 saturated heterocycles. The van der Waals surface area contributed by atoms with Crippen molar-refractivity contribution in [3.63, 3.8) is 0 Å². The molecule has 0 radical (unpaired) electrons. The van der Waals surface area contributed by atoms with Crippen LogP contribution in [-0.4, -0.2) is 48.7 Å². The lowest BCUT2D eigenvalue weighted by Crippen LogP contribution is -2.40. The lowest BCUT2D eigenvalue weighted by atomic mass is 10.0. The molecule has 150 valence electrons. The lowest BCUT2D eigenvalue weighted by Gasteiger charge is -2.27. The van der Waals surface area contributed by atoms with Gasteiger partial charge in [-0.25, -0.2) is 4.98 Å². The molecule has 1 aromatic heterocycles. The van der Waals surface area contributed by atoms with Gasteiger partial charge in [0.2, 0.25) is 0 Å². The van der Waals surface area contributed by atoms with Crippen molar-refractivity contribution in [1.29, 1.82) is 0 Å². The minimum Gasteiger partial charge on any atom is -0.493 e. The first-order valence-corrected chi connectivity index (χ1v) is 10.1. The molecule has 0 bridgehead atoms. The number of nitrogens with zero attached hydrogens (tertiary/aromatic N) is 2. The van der Waals surface area contributed by atoms with Crippen LogP contribution < -0.4 is 4.74 Å². The minimum absolute atomic E-state index is 0.0281. The molecule has 5 heteroatoms. The van der Waals surface area contributed by atoms with E-state index in [2.05, 4.69) is 13.8 Å². The fourth-order valence-corrected chi connectivity index (χ4v) is 3.45. The van der Waals surface area contributed by atoms with Crippen LogP contribution in [0, 0.1) is 5.92 Å². The minimum atomic E-state index is 0.0281. The lowest BCUT2D eigenvalue weighted by molar-refractivity contribution is 0.0304. The molecule has 0 spiro atoms. The molecular formula is C24H26N2O3. The summed E-state index contributed by atoms with van der Waals surface area (Å²) in [6.07, 6.45) is 0. The zero-order valence-electron chi connectivity index (χ0n) is 16.9. The molecule has 0 N–H and O–H groups in total. The van der Waals surface area contributed by atoms with Crippen LogP contribution in [0.5, 0.6) is 5.75 Å². The van der Waals surface area contributed by atoms with Gasteiger partial charge in [0.25, 0.3) is 5.91 Å². The number of amides is 1. The smallest absolute Gasteiger partial charge is 0.254 e. The maximum Gasteiger partial charge on any atom is 0.254 e. The number of rotatable bonds is 5. The Bertz CT molecular complexity index is 1010. The van der Waals surface area contributed by atoms with Gasteiger partial charge < -0.3 is 14.4 Å². The molecular weight excluding hydrogens is 364 g/mol. The normalized spacial score (nSPS) is 14.4. The fraction of sp³-hybridized carbons (Fsp3) is 0.333. The first kappa shape index (κ1) is 19.4.